The zero-order valence-electron chi connectivity index (χ0n) is 12.7. The number of carbonyl (C=O) groups excluding carboxylic acids is 1. The van der Waals surface area contributed by atoms with Crippen molar-refractivity contribution in [3.63, 3.8) is 0 Å². The summed E-state index contributed by atoms with van der Waals surface area (Å²) in [6.07, 6.45) is 0.777. The number of amides is 1. The van der Waals surface area contributed by atoms with Crippen LogP contribution in [0, 0.1) is 5.82 Å². The summed E-state index contributed by atoms with van der Waals surface area (Å²) >= 11 is 0. The SMILES string of the molecule is CCC(C(=O)NCc1ccc(F)cc1)N(C)CC.O=CO. The molecule has 1 rings (SSSR count). The lowest BCUT2D eigenvalue weighted by atomic mass is 10.1. The molecule has 1 atom stereocenters. The van der Waals surface area contributed by atoms with Gasteiger partial charge in [0.25, 0.3) is 6.47 Å². The minimum Gasteiger partial charge on any atom is -0.483 e. The number of carbonyl (C=O) groups is 2. The fourth-order valence-electron chi connectivity index (χ4n) is 1.83. The summed E-state index contributed by atoms with van der Waals surface area (Å²) < 4.78 is 12.7. The van der Waals surface area contributed by atoms with Crippen molar-refractivity contribution in [3.05, 3.63) is 35.6 Å². The quantitative estimate of drug-likeness (QED) is 0.787. The fourth-order valence-corrected chi connectivity index (χ4v) is 1.83. The van der Waals surface area contributed by atoms with Gasteiger partial charge in [0.05, 0.1) is 6.04 Å². The standard InChI is InChI=1S/C14H21FN2O.CH2O2/c1-4-13(17(3)5-2)14(18)16-10-11-6-8-12(15)9-7-11;2-1-3/h6-9,13H,4-5,10H2,1-3H3,(H,16,18);1H,(H,2,3). The molecule has 1 unspecified atom stereocenters. The molecule has 5 nitrogen and oxygen atoms in total. The van der Waals surface area contributed by atoms with Gasteiger partial charge in [-0.15, -0.1) is 0 Å². The third kappa shape index (κ3) is 7.41. The van der Waals surface area contributed by atoms with Crippen molar-refractivity contribution < 1.29 is 19.1 Å². The number of rotatable bonds is 6. The van der Waals surface area contributed by atoms with E-state index in [2.05, 4.69) is 5.32 Å². The van der Waals surface area contributed by atoms with Crippen molar-refractivity contribution >= 4 is 12.4 Å². The molecule has 0 aliphatic rings. The summed E-state index contributed by atoms with van der Waals surface area (Å²) in [5, 5.41) is 9.77. The van der Waals surface area contributed by atoms with E-state index in [-0.39, 0.29) is 24.2 Å². The van der Waals surface area contributed by atoms with E-state index in [0.29, 0.717) is 6.54 Å². The second-order valence-electron chi connectivity index (χ2n) is 4.45. The molecule has 0 saturated heterocycles. The average molecular weight is 298 g/mol. The lowest BCUT2D eigenvalue weighted by molar-refractivity contribution is -0.126. The van der Waals surface area contributed by atoms with Gasteiger partial charge in [0.1, 0.15) is 5.82 Å². The number of halogens is 1. The van der Waals surface area contributed by atoms with Crippen molar-refractivity contribution in [3.8, 4) is 0 Å². The van der Waals surface area contributed by atoms with Gasteiger partial charge in [-0.05, 0) is 37.7 Å². The first-order chi connectivity index (χ1) is 9.99. The Bertz CT molecular complexity index is 423. The lowest BCUT2D eigenvalue weighted by Crippen LogP contribution is -2.44. The minimum atomic E-state index is -0.262. The average Bonchev–Trinajstić information content (AvgIpc) is 2.48. The first-order valence-corrected chi connectivity index (χ1v) is 6.80. The maximum atomic E-state index is 12.7. The van der Waals surface area contributed by atoms with Gasteiger partial charge in [-0.1, -0.05) is 26.0 Å². The Morgan fingerprint density at radius 2 is 1.90 bits per heavy atom. The highest BCUT2D eigenvalue weighted by Gasteiger charge is 2.19. The second kappa shape index (κ2) is 10.8. The van der Waals surface area contributed by atoms with Gasteiger partial charge in [-0.25, -0.2) is 4.39 Å². The van der Waals surface area contributed by atoms with Crippen LogP contribution in [0.4, 0.5) is 4.39 Å². The molecule has 0 saturated carbocycles. The number of likely N-dealkylation sites (N-methyl/N-ethyl adjacent to an activating group) is 1. The van der Waals surface area contributed by atoms with Crippen LogP contribution in [0.15, 0.2) is 24.3 Å². The van der Waals surface area contributed by atoms with E-state index >= 15 is 0 Å². The number of nitrogens with one attached hydrogen (secondary N) is 1. The van der Waals surface area contributed by atoms with Gasteiger partial charge in [0.15, 0.2) is 0 Å². The van der Waals surface area contributed by atoms with Crippen LogP contribution in [0.2, 0.25) is 0 Å². The van der Waals surface area contributed by atoms with Crippen molar-refractivity contribution in [1.29, 1.82) is 0 Å². The van der Waals surface area contributed by atoms with Gasteiger partial charge in [-0.2, -0.15) is 0 Å². The molecule has 21 heavy (non-hydrogen) atoms. The Hall–Kier alpha value is -1.95. The van der Waals surface area contributed by atoms with Crippen LogP contribution in [-0.4, -0.2) is 42.0 Å². The Morgan fingerprint density at radius 1 is 1.38 bits per heavy atom. The third-order valence-corrected chi connectivity index (χ3v) is 3.10. The van der Waals surface area contributed by atoms with E-state index in [1.165, 1.54) is 12.1 Å². The summed E-state index contributed by atoms with van der Waals surface area (Å²) in [7, 11) is 1.94. The molecule has 0 fully saturated rings. The van der Waals surface area contributed by atoms with E-state index in [1.807, 2.05) is 25.8 Å². The Morgan fingerprint density at radius 3 is 2.33 bits per heavy atom. The van der Waals surface area contributed by atoms with E-state index in [0.717, 1.165) is 18.5 Å². The van der Waals surface area contributed by atoms with Crippen molar-refractivity contribution in [2.75, 3.05) is 13.6 Å². The molecule has 6 heteroatoms. The molecule has 1 amide bonds. The largest absolute Gasteiger partial charge is 0.483 e. The van der Waals surface area contributed by atoms with E-state index in [4.69, 9.17) is 9.90 Å². The predicted octanol–water partition coefficient (Wildman–Crippen LogP) is 1.87. The van der Waals surface area contributed by atoms with Crippen LogP contribution >= 0.6 is 0 Å². The van der Waals surface area contributed by atoms with Crippen LogP contribution in [0.3, 0.4) is 0 Å². The van der Waals surface area contributed by atoms with E-state index in [9.17, 15) is 9.18 Å². The summed E-state index contributed by atoms with van der Waals surface area (Å²) in [6.45, 7) is 5.04. The fraction of sp³-hybridized carbons (Fsp3) is 0.467. The van der Waals surface area contributed by atoms with Crippen molar-refractivity contribution in [2.24, 2.45) is 0 Å². The molecule has 0 bridgehead atoms. The van der Waals surface area contributed by atoms with Crippen molar-refractivity contribution in [2.45, 2.75) is 32.9 Å². The molecule has 118 valence electrons. The second-order valence-corrected chi connectivity index (χ2v) is 4.45. The summed E-state index contributed by atoms with van der Waals surface area (Å²) in [6, 6.07) is 6.06. The highest BCUT2D eigenvalue weighted by atomic mass is 19.1. The topological polar surface area (TPSA) is 69.6 Å². The Labute approximate surface area is 124 Å². The zero-order chi connectivity index (χ0) is 16.3. The zero-order valence-corrected chi connectivity index (χ0v) is 12.7. The Balaban J connectivity index is 0.00000122. The maximum absolute atomic E-state index is 12.7. The van der Waals surface area contributed by atoms with Gasteiger partial charge in [0, 0.05) is 6.54 Å². The molecule has 0 aromatic heterocycles. The number of hydrogen-bond donors (Lipinski definition) is 2. The number of nitrogens with zero attached hydrogens (tertiary/aromatic N) is 1. The number of benzene rings is 1. The normalized spacial score (nSPS) is 11.3. The molecular formula is C15H23FN2O3. The highest BCUT2D eigenvalue weighted by Crippen LogP contribution is 2.04. The molecular weight excluding hydrogens is 275 g/mol. The molecule has 2 N–H and O–H groups in total. The van der Waals surface area contributed by atoms with Crippen LogP contribution in [0.25, 0.3) is 0 Å². The van der Waals surface area contributed by atoms with Crippen LogP contribution in [-0.2, 0) is 16.1 Å². The van der Waals surface area contributed by atoms with E-state index in [1.54, 1.807) is 12.1 Å². The highest BCUT2D eigenvalue weighted by molar-refractivity contribution is 5.81. The maximum Gasteiger partial charge on any atom is 0.290 e. The summed E-state index contributed by atoms with van der Waals surface area (Å²) in [4.78, 5) is 22.4. The lowest BCUT2D eigenvalue weighted by Gasteiger charge is -2.24. The van der Waals surface area contributed by atoms with Crippen molar-refractivity contribution in [1.82, 2.24) is 10.2 Å². The number of hydrogen-bond acceptors (Lipinski definition) is 3. The molecule has 0 aliphatic heterocycles. The Kier molecular flexibility index (Phi) is 9.79. The van der Waals surface area contributed by atoms with E-state index < -0.39 is 0 Å². The smallest absolute Gasteiger partial charge is 0.290 e. The van der Waals surface area contributed by atoms with Gasteiger partial charge in [-0.3, -0.25) is 14.5 Å². The van der Waals surface area contributed by atoms with Crippen LogP contribution in [0.1, 0.15) is 25.8 Å². The predicted molar refractivity (Wildman–Crippen MR) is 79.3 cm³/mol. The van der Waals surface area contributed by atoms with Crippen LogP contribution in [0.5, 0.6) is 0 Å². The molecule has 1 aromatic carbocycles. The molecule has 0 radical (unpaired) electrons. The summed E-state index contributed by atoms with van der Waals surface area (Å²) in [5.74, 6) is -0.242. The minimum absolute atomic E-state index is 0.0196. The first-order valence-electron chi connectivity index (χ1n) is 6.80. The summed E-state index contributed by atoms with van der Waals surface area (Å²) in [5.41, 5.74) is 0.902. The van der Waals surface area contributed by atoms with Crippen LogP contribution < -0.4 is 5.32 Å². The molecule has 0 spiro atoms. The van der Waals surface area contributed by atoms with Gasteiger partial charge < -0.3 is 10.4 Å². The molecule has 0 heterocycles. The molecule has 0 aliphatic carbocycles. The third-order valence-electron chi connectivity index (χ3n) is 3.10. The number of carboxylic acid groups (broad SMARTS) is 1. The first kappa shape index (κ1) is 19.1. The van der Waals surface area contributed by atoms with Gasteiger partial charge in [0.2, 0.25) is 5.91 Å². The molecule has 1 aromatic rings. The van der Waals surface area contributed by atoms with Gasteiger partial charge >= 0.3 is 0 Å². The monoisotopic (exact) mass is 298 g/mol.